The summed E-state index contributed by atoms with van der Waals surface area (Å²) in [6, 6.07) is 14.6. The van der Waals surface area contributed by atoms with Crippen LogP contribution in [0.4, 0.5) is 5.69 Å². The molecule has 3 aromatic carbocycles. The van der Waals surface area contributed by atoms with Gasteiger partial charge in [0.15, 0.2) is 5.78 Å². The number of hydrogen-bond donors (Lipinski definition) is 1. The van der Waals surface area contributed by atoms with E-state index in [-0.39, 0.29) is 32.0 Å². The molecule has 1 aliphatic heterocycles. The smallest absolute Gasteiger partial charge is 0.337 e. The molecule has 4 rings (SSSR count). The Kier molecular flexibility index (Phi) is 4.94. The van der Waals surface area contributed by atoms with Crippen LogP contribution < -0.4 is 5.32 Å². The third kappa shape index (κ3) is 3.40. The number of nitrogens with one attached hydrogen (secondary N) is 1. The quantitative estimate of drug-likeness (QED) is 0.494. The van der Waals surface area contributed by atoms with Gasteiger partial charge in [0.2, 0.25) is 9.84 Å². The van der Waals surface area contributed by atoms with Crippen LogP contribution >= 0.6 is 0 Å². The first-order valence-corrected chi connectivity index (χ1v) is 10.8. The van der Waals surface area contributed by atoms with Crippen molar-refractivity contribution in [1.29, 1.82) is 0 Å². The molecule has 0 bridgehead atoms. The lowest BCUT2D eigenvalue weighted by Gasteiger charge is -2.19. The number of ketones is 1. The van der Waals surface area contributed by atoms with Crippen LogP contribution in [0.1, 0.15) is 42.2 Å². The molecular formula is C23H17NO6S. The highest BCUT2D eigenvalue weighted by Crippen LogP contribution is 2.35. The molecule has 0 aliphatic carbocycles. The fraction of sp³-hybridized carbons (Fsp3) is 0.0870. The Bertz CT molecular complexity index is 1370. The fourth-order valence-electron chi connectivity index (χ4n) is 3.42. The van der Waals surface area contributed by atoms with Gasteiger partial charge in [0.25, 0.3) is 5.91 Å². The van der Waals surface area contributed by atoms with Crippen molar-refractivity contribution in [2.24, 2.45) is 0 Å². The van der Waals surface area contributed by atoms with Crippen molar-refractivity contribution < 1.29 is 27.5 Å². The third-order valence-corrected chi connectivity index (χ3v) is 6.96. The molecule has 0 saturated heterocycles. The van der Waals surface area contributed by atoms with Gasteiger partial charge in [0.1, 0.15) is 0 Å². The van der Waals surface area contributed by atoms with Gasteiger partial charge in [0.05, 0.1) is 22.5 Å². The number of carbonyl (C=O) groups is 3. The van der Waals surface area contributed by atoms with Gasteiger partial charge in [-0.3, -0.25) is 9.59 Å². The molecule has 0 aromatic heterocycles. The summed E-state index contributed by atoms with van der Waals surface area (Å²) in [6.07, 6.45) is 0. The van der Waals surface area contributed by atoms with Crippen LogP contribution in [0.25, 0.3) is 0 Å². The molecule has 1 N–H and O–H groups in total. The van der Waals surface area contributed by atoms with E-state index in [1.54, 1.807) is 31.2 Å². The topological polar surface area (TPSA) is 107 Å². The second-order valence-electron chi connectivity index (χ2n) is 7.02. The highest BCUT2D eigenvalue weighted by atomic mass is 32.2. The SMILES string of the molecule is COC(=O)c1ccc(C)c(NC(=O)c2ccc3c(c2)S(=O)(=O)c2ccccc2C3=O)c1. The molecular weight excluding hydrogens is 418 g/mol. The van der Waals surface area contributed by atoms with Crippen molar-refractivity contribution in [3.63, 3.8) is 0 Å². The highest BCUT2D eigenvalue weighted by molar-refractivity contribution is 7.91. The van der Waals surface area contributed by atoms with Crippen molar-refractivity contribution in [2.45, 2.75) is 16.7 Å². The molecule has 1 amide bonds. The Hall–Kier alpha value is -3.78. The van der Waals surface area contributed by atoms with Gasteiger partial charge >= 0.3 is 5.97 Å². The minimum absolute atomic E-state index is 0.0270. The zero-order valence-corrected chi connectivity index (χ0v) is 17.4. The van der Waals surface area contributed by atoms with Gasteiger partial charge in [-0.2, -0.15) is 0 Å². The van der Waals surface area contributed by atoms with E-state index in [1.807, 2.05) is 0 Å². The minimum atomic E-state index is -3.95. The van der Waals surface area contributed by atoms with Crippen molar-refractivity contribution in [1.82, 2.24) is 0 Å². The van der Waals surface area contributed by atoms with Crippen LogP contribution in [0, 0.1) is 6.92 Å². The van der Waals surface area contributed by atoms with Crippen LogP contribution in [0.5, 0.6) is 0 Å². The summed E-state index contributed by atoms with van der Waals surface area (Å²) >= 11 is 0. The second-order valence-corrected chi connectivity index (χ2v) is 8.90. The Balaban J connectivity index is 1.72. The first kappa shape index (κ1) is 20.5. The summed E-state index contributed by atoms with van der Waals surface area (Å²) in [7, 11) is -2.70. The molecule has 1 aliphatic rings. The van der Waals surface area contributed by atoms with Crippen molar-refractivity contribution >= 4 is 33.2 Å². The van der Waals surface area contributed by atoms with Gasteiger partial charge in [-0.15, -0.1) is 0 Å². The van der Waals surface area contributed by atoms with E-state index in [0.717, 1.165) is 0 Å². The molecule has 7 nitrogen and oxygen atoms in total. The lowest BCUT2D eigenvalue weighted by Crippen LogP contribution is -2.21. The summed E-state index contributed by atoms with van der Waals surface area (Å²) in [6.45, 7) is 1.75. The first-order chi connectivity index (χ1) is 14.7. The maximum Gasteiger partial charge on any atom is 0.337 e. The summed E-state index contributed by atoms with van der Waals surface area (Å²) in [5, 5.41) is 2.68. The van der Waals surface area contributed by atoms with Gasteiger partial charge in [-0.25, -0.2) is 13.2 Å². The van der Waals surface area contributed by atoms with Crippen molar-refractivity contribution in [3.8, 4) is 0 Å². The number of aryl methyl sites for hydroxylation is 1. The second kappa shape index (κ2) is 7.48. The van der Waals surface area contributed by atoms with Gasteiger partial charge in [-0.1, -0.05) is 18.2 Å². The Morgan fingerprint density at radius 2 is 1.55 bits per heavy atom. The van der Waals surface area contributed by atoms with E-state index in [1.165, 1.54) is 43.5 Å². The number of ether oxygens (including phenoxy) is 1. The number of benzene rings is 3. The third-order valence-electron chi connectivity index (χ3n) is 5.11. The highest BCUT2D eigenvalue weighted by Gasteiger charge is 2.35. The first-order valence-electron chi connectivity index (χ1n) is 9.27. The average Bonchev–Trinajstić information content (AvgIpc) is 2.78. The molecule has 0 radical (unpaired) electrons. The number of esters is 1. The van der Waals surface area contributed by atoms with E-state index < -0.39 is 27.5 Å². The average molecular weight is 435 g/mol. The summed E-state index contributed by atoms with van der Waals surface area (Å²) in [4.78, 5) is 37.0. The number of amides is 1. The Morgan fingerprint density at radius 3 is 2.29 bits per heavy atom. The zero-order valence-electron chi connectivity index (χ0n) is 16.6. The molecule has 3 aromatic rings. The largest absolute Gasteiger partial charge is 0.465 e. The number of hydrogen-bond acceptors (Lipinski definition) is 6. The molecule has 0 fully saturated rings. The fourth-order valence-corrected chi connectivity index (χ4v) is 5.10. The molecule has 0 atom stereocenters. The predicted molar refractivity (Wildman–Crippen MR) is 112 cm³/mol. The number of methoxy groups -OCH3 is 1. The summed E-state index contributed by atoms with van der Waals surface area (Å²) < 4.78 is 30.8. The maximum absolute atomic E-state index is 13.0. The number of sulfone groups is 1. The van der Waals surface area contributed by atoms with E-state index in [2.05, 4.69) is 5.32 Å². The maximum atomic E-state index is 13.0. The lowest BCUT2D eigenvalue weighted by atomic mass is 10.0. The molecule has 8 heteroatoms. The van der Waals surface area contributed by atoms with E-state index in [0.29, 0.717) is 11.3 Å². The summed E-state index contributed by atoms with van der Waals surface area (Å²) in [5.41, 5.74) is 1.56. The Labute approximate surface area is 178 Å². The van der Waals surface area contributed by atoms with Crippen LogP contribution in [0.15, 0.2) is 70.5 Å². The van der Waals surface area contributed by atoms with Gasteiger partial charge in [-0.05, 0) is 55.0 Å². The molecule has 0 saturated carbocycles. The van der Waals surface area contributed by atoms with Crippen LogP contribution in [0.3, 0.4) is 0 Å². The van der Waals surface area contributed by atoms with E-state index in [9.17, 15) is 22.8 Å². The molecule has 0 spiro atoms. The standard InChI is InChI=1S/C23H17NO6S/c1-13-7-8-15(23(27)30-2)11-18(13)24-22(26)14-9-10-17-20(12-14)31(28,29)19-6-4-3-5-16(19)21(17)25/h3-12H,1-2H3,(H,24,26). The molecule has 156 valence electrons. The molecule has 0 unspecified atom stereocenters. The van der Waals surface area contributed by atoms with Gasteiger partial charge < -0.3 is 10.1 Å². The van der Waals surface area contributed by atoms with Gasteiger partial charge in [0, 0.05) is 22.4 Å². The number of carbonyl (C=O) groups excluding carboxylic acids is 3. The molecule has 1 heterocycles. The number of rotatable bonds is 3. The van der Waals surface area contributed by atoms with E-state index >= 15 is 0 Å². The molecule has 31 heavy (non-hydrogen) atoms. The van der Waals surface area contributed by atoms with Crippen molar-refractivity contribution in [3.05, 3.63) is 88.5 Å². The number of anilines is 1. The Morgan fingerprint density at radius 1 is 0.871 bits per heavy atom. The zero-order chi connectivity index (χ0) is 22.3. The monoisotopic (exact) mass is 435 g/mol. The predicted octanol–water partition coefficient (Wildman–Crippen LogP) is 3.41. The normalized spacial score (nSPS) is 13.7. The summed E-state index contributed by atoms with van der Waals surface area (Å²) in [5.74, 6) is -1.53. The van der Waals surface area contributed by atoms with Crippen molar-refractivity contribution in [2.75, 3.05) is 12.4 Å². The van der Waals surface area contributed by atoms with Crippen LogP contribution in [0.2, 0.25) is 0 Å². The van der Waals surface area contributed by atoms with E-state index in [4.69, 9.17) is 4.74 Å². The van der Waals surface area contributed by atoms with Crippen LogP contribution in [-0.2, 0) is 14.6 Å². The number of fused-ring (bicyclic) bond motifs is 2. The van der Waals surface area contributed by atoms with Crippen LogP contribution in [-0.4, -0.2) is 33.2 Å². The minimum Gasteiger partial charge on any atom is -0.465 e. The lowest BCUT2D eigenvalue weighted by molar-refractivity contribution is 0.0600.